The number of fused-ring (bicyclic) bond motifs is 2. The summed E-state index contributed by atoms with van der Waals surface area (Å²) in [7, 11) is 3.85. The predicted molar refractivity (Wildman–Crippen MR) is 113 cm³/mol. The van der Waals surface area contributed by atoms with E-state index in [0.29, 0.717) is 12.8 Å². The van der Waals surface area contributed by atoms with Gasteiger partial charge in [0.2, 0.25) is 0 Å². The second kappa shape index (κ2) is 6.55. The lowest BCUT2D eigenvalue weighted by molar-refractivity contribution is -0.118. The van der Waals surface area contributed by atoms with Crippen molar-refractivity contribution in [1.29, 1.82) is 0 Å². The number of nitrogens with one attached hydrogen (secondary N) is 1. The highest BCUT2D eigenvalue weighted by molar-refractivity contribution is 5.97. The van der Waals surface area contributed by atoms with Crippen molar-refractivity contribution in [3.8, 4) is 22.5 Å². The topological polar surface area (TPSA) is 77.6 Å². The summed E-state index contributed by atoms with van der Waals surface area (Å²) in [5, 5.41) is 13.6. The molecule has 1 N–H and O–H groups in total. The van der Waals surface area contributed by atoms with Crippen LogP contribution in [0.2, 0.25) is 0 Å². The summed E-state index contributed by atoms with van der Waals surface area (Å²) >= 11 is 0. The summed E-state index contributed by atoms with van der Waals surface area (Å²) in [4.78, 5) is 16.9. The van der Waals surface area contributed by atoms with Gasteiger partial charge in [0.1, 0.15) is 11.5 Å². The molecular weight excluding hydrogens is 364 g/mol. The van der Waals surface area contributed by atoms with E-state index in [4.69, 9.17) is 5.10 Å². The van der Waals surface area contributed by atoms with Crippen LogP contribution in [0, 0.1) is 0 Å². The molecule has 1 aliphatic heterocycles. The maximum absolute atomic E-state index is 12.2. The monoisotopic (exact) mass is 386 g/mol. The molecule has 0 amide bonds. The van der Waals surface area contributed by atoms with Gasteiger partial charge in [-0.1, -0.05) is 6.07 Å². The molecule has 4 aromatic rings. The number of ketones is 1. The van der Waals surface area contributed by atoms with Gasteiger partial charge in [-0.25, -0.2) is 0 Å². The first-order valence-corrected chi connectivity index (χ1v) is 9.72. The van der Waals surface area contributed by atoms with Crippen molar-refractivity contribution in [1.82, 2.24) is 24.5 Å². The zero-order chi connectivity index (χ0) is 20.1. The third kappa shape index (κ3) is 2.99. The summed E-state index contributed by atoms with van der Waals surface area (Å²) in [5.41, 5.74) is 6.75. The first-order chi connectivity index (χ1) is 14.0. The van der Waals surface area contributed by atoms with Crippen molar-refractivity contribution >= 4 is 22.4 Å². The van der Waals surface area contributed by atoms with Crippen molar-refractivity contribution in [2.24, 2.45) is 14.1 Å². The number of rotatable bonds is 2. The fourth-order valence-electron chi connectivity index (χ4n) is 4.12. The Kier molecular flexibility index (Phi) is 3.97. The van der Waals surface area contributed by atoms with E-state index in [2.05, 4.69) is 33.6 Å². The second-order valence-corrected chi connectivity index (χ2v) is 7.77. The van der Waals surface area contributed by atoms with Crippen LogP contribution >= 0.6 is 0 Å². The molecule has 0 saturated heterocycles. The molecule has 0 saturated carbocycles. The minimum absolute atomic E-state index is 0.0831. The smallest absolute Gasteiger partial charge is 0.139 e. The zero-order valence-corrected chi connectivity index (χ0v) is 16.7. The molecule has 1 atom stereocenters. The highest BCUT2D eigenvalue weighted by Crippen LogP contribution is 2.36. The molecule has 29 heavy (non-hydrogen) atoms. The molecule has 0 bridgehead atoms. The number of nitrogens with zero attached hydrogens (tertiary/aromatic N) is 5. The van der Waals surface area contributed by atoms with Gasteiger partial charge >= 0.3 is 0 Å². The fourth-order valence-corrected chi connectivity index (χ4v) is 4.12. The lowest BCUT2D eigenvalue weighted by Crippen LogP contribution is -2.17. The van der Waals surface area contributed by atoms with E-state index in [1.54, 1.807) is 10.9 Å². The molecule has 0 aliphatic carbocycles. The van der Waals surface area contributed by atoms with Crippen LogP contribution in [0.1, 0.15) is 18.9 Å². The third-order valence-corrected chi connectivity index (χ3v) is 5.45. The Balaban J connectivity index is 1.69. The summed E-state index contributed by atoms with van der Waals surface area (Å²) in [6, 6.07) is 8.29. The summed E-state index contributed by atoms with van der Waals surface area (Å²) in [5.74, 6) is 0.252. The lowest BCUT2D eigenvalue weighted by Gasteiger charge is -2.16. The Bertz CT molecular complexity index is 1250. The van der Waals surface area contributed by atoms with Gasteiger partial charge in [0.25, 0.3) is 0 Å². The standard InChI is InChI=1S/C22H22N6O/c1-13-8-17(29)9-15-6-7-23-21(22(15)25-13)14-4-5-19-18(10-14)20(26-28(19)3)16-11-24-27(2)12-16/h4-7,10-13,25H,8-9H2,1-3H3/t13-/m1/s1. The second-order valence-electron chi connectivity index (χ2n) is 7.77. The normalized spacial score (nSPS) is 16.5. The number of hydrogen-bond donors (Lipinski definition) is 1. The Labute approximate surface area is 168 Å². The quantitative estimate of drug-likeness (QED) is 0.572. The number of hydrogen-bond acceptors (Lipinski definition) is 5. The largest absolute Gasteiger partial charge is 0.380 e. The third-order valence-electron chi connectivity index (χ3n) is 5.45. The van der Waals surface area contributed by atoms with Gasteiger partial charge in [0.05, 0.1) is 23.1 Å². The van der Waals surface area contributed by atoms with Crippen LogP contribution in [0.3, 0.4) is 0 Å². The van der Waals surface area contributed by atoms with E-state index in [1.807, 2.05) is 44.2 Å². The minimum atomic E-state index is 0.0831. The Morgan fingerprint density at radius 1 is 1.14 bits per heavy atom. The molecule has 7 heteroatoms. The molecule has 1 aromatic carbocycles. The van der Waals surface area contributed by atoms with E-state index in [1.165, 1.54) is 0 Å². The van der Waals surface area contributed by atoms with Crippen molar-refractivity contribution in [3.05, 3.63) is 48.4 Å². The molecule has 5 rings (SSSR count). The minimum Gasteiger partial charge on any atom is -0.380 e. The molecule has 0 fully saturated rings. The number of carbonyl (C=O) groups is 1. The van der Waals surface area contributed by atoms with Gasteiger partial charge in [0, 0.05) is 61.9 Å². The average molecular weight is 386 g/mol. The zero-order valence-electron chi connectivity index (χ0n) is 16.7. The molecule has 0 radical (unpaired) electrons. The summed E-state index contributed by atoms with van der Waals surface area (Å²) in [6.07, 6.45) is 6.56. The Morgan fingerprint density at radius 3 is 2.79 bits per heavy atom. The van der Waals surface area contributed by atoms with Gasteiger partial charge in [-0.2, -0.15) is 10.2 Å². The predicted octanol–water partition coefficient (Wildman–Crippen LogP) is 3.35. The molecule has 0 unspecified atom stereocenters. The van der Waals surface area contributed by atoms with E-state index in [0.717, 1.165) is 44.7 Å². The van der Waals surface area contributed by atoms with Crippen LogP contribution in [0.5, 0.6) is 0 Å². The number of aromatic nitrogens is 5. The van der Waals surface area contributed by atoms with Crippen molar-refractivity contribution < 1.29 is 4.79 Å². The van der Waals surface area contributed by atoms with Gasteiger partial charge in [-0.15, -0.1) is 0 Å². The number of benzene rings is 1. The van der Waals surface area contributed by atoms with E-state index >= 15 is 0 Å². The maximum atomic E-state index is 12.2. The van der Waals surface area contributed by atoms with Crippen LogP contribution in [0.25, 0.3) is 33.4 Å². The Hall–Kier alpha value is -3.48. The molecule has 146 valence electrons. The number of pyridine rings is 1. The average Bonchev–Trinajstić information content (AvgIpc) is 3.21. The molecule has 7 nitrogen and oxygen atoms in total. The highest BCUT2D eigenvalue weighted by atomic mass is 16.1. The lowest BCUT2D eigenvalue weighted by atomic mass is 10.0. The van der Waals surface area contributed by atoms with E-state index < -0.39 is 0 Å². The molecule has 4 heterocycles. The van der Waals surface area contributed by atoms with Crippen LogP contribution in [0.15, 0.2) is 42.9 Å². The molecular formula is C22H22N6O. The number of Topliss-reactive ketones (excluding diaryl/α,β-unsaturated/α-hetero) is 1. The number of anilines is 1. The molecule has 3 aromatic heterocycles. The van der Waals surface area contributed by atoms with E-state index in [-0.39, 0.29) is 11.8 Å². The van der Waals surface area contributed by atoms with Crippen molar-refractivity contribution in [2.45, 2.75) is 25.8 Å². The first kappa shape index (κ1) is 17.6. The van der Waals surface area contributed by atoms with Gasteiger partial charge in [0.15, 0.2) is 0 Å². The van der Waals surface area contributed by atoms with E-state index in [9.17, 15) is 4.79 Å². The van der Waals surface area contributed by atoms with Gasteiger partial charge in [-0.3, -0.25) is 19.1 Å². The van der Waals surface area contributed by atoms with Crippen LogP contribution in [0.4, 0.5) is 5.69 Å². The molecule has 0 spiro atoms. The summed E-state index contributed by atoms with van der Waals surface area (Å²) < 4.78 is 3.67. The summed E-state index contributed by atoms with van der Waals surface area (Å²) in [6.45, 7) is 2.04. The van der Waals surface area contributed by atoms with Gasteiger partial charge < -0.3 is 5.32 Å². The molecule has 1 aliphatic rings. The van der Waals surface area contributed by atoms with Crippen LogP contribution in [-0.4, -0.2) is 36.4 Å². The fraction of sp³-hybridized carbons (Fsp3) is 0.273. The maximum Gasteiger partial charge on any atom is 0.139 e. The van der Waals surface area contributed by atoms with Crippen molar-refractivity contribution in [3.63, 3.8) is 0 Å². The SMILES string of the molecule is C[C@@H]1CC(=O)Cc2ccnc(-c3ccc4c(c3)c(-c3cnn(C)c3)nn4C)c2N1. The highest BCUT2D eigenvalue weighted by Gasteiger charge is 2.22. The number of aryl methyl sites for hydroxylation is 2. The number of carbonyl (C=O) groups excluding carboxylic acids is 1. The van der Waals surface area contributed by atoms with Crippen molar-refractivity contribution in [2.75, 3.05) is 5.32 Å². The Morgan fingerprint density at radius 2 is 2.00 bits per heavy atom. The first-order valence-electron chi connectivity index (χ1n) is 9.72. The van der Waals surface area contributed by atoms with Crippen LogP contribution < -0.4 is 5.32 Å². The van der Waals surface area contributed by atoms with Crippen LogP contribution in [-0.2, 0) is 25.3 Å². The van der Waals surface area contributed by atoms with Gasteiger partial charge in [-0.05, 0) is 30.7 Å².